The summed E-state index contributed by atoms with van der Waals surface area (Å²) in [6.07, 6.45) is 12.0. The molecular weight excluding hydrogens is 244 g/mol. The molecular formula is C18H22N2. The lowest BCUT2D eigenvalue weighted by Gasteiger charge is -2.34. The molecule has 0 N–H and O–H groups in total. The molecule has 0 saturated heterocycles. The molecule has 0 spiro atoms. The normalized spacial score (nSPS) is 24.6. The Bertz CT molecular complexity index is 528. The van der Waals surface area contributed by atoms with Crippen molar-refractivity contribution >= 4 is 6.21 Å². The van der Waals surface area contributed by atoms with Gasteiger partial charge >= 0.3 is 0 Å². The van der Waals surface area contributed by atoms with Gasteiger partial charge in [-0.3, -0.25) is 4.99 Å². The molecule has 0 amide bonds. The molecule has 1 aromatic carbocycles. The monoisotopic (exact) mass is 266 g/mol. The Hall–Kier alpha value is -1.67. The van der Waals surface area contributed by atoms with E-state index in [0.29, 0.717) is 12.1 Å². The number of fused-ring (bicyclic) bond motifs is 1. The van der Waals surface area contributed by atoms with Crippen LogP contribution in [0, 0.1) is 0 Å². The molecule has 0 bridgehead atoms. The lowest BCUT2D eigenvalue weighted by Crippen LogP contribution is -2.38. The van der Waals surface area contributed by atoms with E-state index in [-0.39, 0.29) is 0 Å². The zero-order chi connectivity index (χ0) is 13.8. The van der Waals surface area contributed by atoms with Gasteiger partial charge in [0.05, 0.1) is 6.04 Å². The molecule has 2 unspecified atom stereocenters. The van der Waals surface area contributed by atoms with Crippen LogP contribution < -0.4 is 0 Å². The highest BCUT2D eigenvalue weighted by atomic mass is 15.1. The van der Waals surface area contributed by atoms with Gasteiger partial charge in [0.2, 0.25) is 0 Å². The molecule has 1 aromatic rings. The first kappa shape index (κ1) is 13.3. The van der Waals surface area contributed by atoms with E-state index >= 15 is 0 Å². The van der Waals surface area contributed by atoms with Crippen molar-refractivity contribution in [3.63, 3.8) is 0 Å². The van der Waals surface area contributed by atoms with Gasteiger partial charge in [-0.15, -0.1) is 0 Å². The highest BCUT2D eigenvalue weighted by molar-refractivity contribution is 5.74. The lowest BCUT2D eigenvalue weighted by atomic mass is 9.88. The fourth-order valence-corrected chi connectivity index (χ4v) is 3.02. The molecule has 0 radical (unpaired) electrons. The number of aliphatic imine (C=N–C) groups is 1. The van der Waals surface area contributed by atoms with Crippen molar-refractivity contribution in [2.24, 2.45) is 4.99 Å². The molecule has 0 fully saturated rings. The van der Waals surface area contributed by atoms with Gasteiger partial charge in [0, 0.05) is 18.8 Å². The Morgan fingerprint density at radius 1 is 1.25 bits per heavy atom. The van der Waals surface area contributed by atoms with Gasteiger partial charge in [-0.1, -0.05) is 42.5 Å². The summed E-state index contributed by atoms with van der Waals surface area (Å²) in [6, 6.07) is 11.7. The summed E-state index contributed by atoms with van der Waals surface area (Å²) < 4.78 is 0. The van der Waals surface area contributed by atoms with Crippen LogP contribution >= 0.6 is 0 Å². The average molecular weight is 266 g/mol. The van der Waals surface area contributed by atoms with E-state index in [1.54, 1.807) is 0 Å². The Labute approximate surface area is 121 Å². The highest BCUT2D eigenvalue weighted by Gasteiger charge is 2.25. The van der Waals surface area contributed by atoms with E-state index in [1.165, 1.54) is 11.1 Å². The van der Waals surface area contributed by atoms with Crippen LogP contribution in [0.4, 0.5) is 0 Å². The van der Waals surface area contributed by atoms with Gasteiger partial charge in [0.15, 0.2) is 0 Å². The van der Waals surface area contributed by atoms with Gasteiger partial charge in [-0.25, -0.2) is 0 Å². The van der Waals surface area contributed by atoms with Crippen LogP contribution in [0.25, 0.3) is 0 Å². The summed E-state index contributed by atoms with van der Waals surface area (Å²) >= 11 is 0. The van der Waals surface area contributed by atoms with E-state index in [2.05, 4.69) is 59.4 Å². The Kier molecular flexibility index (Phi) is 4.12. The maximum Gasteiger partial charge on any atom is 0.0760 e. The van der Waals surface area contributed by atoms with Crippen molar-refractivity contribution < 1.29 is 0 Å². The molecule has 104 valence electrons. The second-order valence-corrected chi connectivity index (χ2v) is 5.72. The van der Waals surface area contributed by atoms with Crippen LogP contribution in [-0.2, 0) is 6.42 Å². The molecule has 3 rings (SSSR count). The average Bonchev–Trinajstić information content (AvgIpc) is 2.53. The van der Waals surface area contributed by atoms with Crippen LogP contribution in [0.1, 0.15) is 18.4 Å². The molecule has 2 nitrogen and oxygen atoms in total. The first-order valence-electron chi connectivity index (χ1n) is 7.47. The van der Waals surface area contributed by atoms with Gasteiger partial charge in [0.25, 0.3) is 0 Å². The van der Waals surface area contributed by atoms with Gasteiger partial charge in [-0.05, 0) is 43.5 Å². The number of allylic oxidation sites excluding steroid dienone is 1. The van der Waals surface area contributed by atoms with Crippen molar-refractivity contribution in [3.05, 3.63) is 59.7 Å². The quantitative estimate of drug-likeness (QED) is 0.816. The minimum atomic E-state index is 0.387. The smallest absolute Gasteiger partial charge is 0.0760 e. The molecule has 20 heavy (non-hydrogen) atoms. The number of likely N-dealkylation sites (N-methyl/N-ethyl adjacent to an activating group) is 1. The van der Waals surface area contributed by atoms with E-state index < -0.39 is 0 Å². The minimum Gasteiger partial charge on any atom is -0.303 e. The molecule has 1 aliphatic heterocycles. The zero-order valence-electron chi connectivity index (χ0n) is 12.1. The van der Waals surface area contributed by atoms with Gasteiger partial charge in [0.1, 0.15) is 0 Å². The Morgan fingerprint density at radius 3 is 2.95 bits per heavy atom. The summed E-state index contributed by atoms with van der Waals surface area (Å²) in [6.45, 7) is 1.12. The third-order valence-electron chi connectivity index (χ3n) is 4.37. The molecule has 2 heteroatoms. The van der Waals surface area contributed by atoms with Gasteiger partial charge in [-0.2, -0.15) is 0 Å². The molecule has 0 aromatic heterocycles. The number of dihydropyridines is 1. The van der Waals surface area contributed by atoms with E-state index in [9.17, 15) is 0 Å². The van der Waals surface area contributed by atoms with E-state index in [4.69, 9.17) is 0 Å². The van der Waals surface area contributed by atoms with Crippen LogP contribution in [0.3, 0.4) is 0 Å². The summed E-state index contributed by atoms with van der Waals surface area (Å²) in [5.41, 5.74) is 2.82. The van der Waals surface area contributed by atoms with Crippen LogP contribution in [0.15, 0.2) is 59.1 Å². The third kappa shape index (κ3) is 3.07. The maximum absolute atomic E-state index is 4.60. The SMILES string of the molecule is CN(CCc1ccccc1)C1CC=C2C=CC=NC2C1. The Balaban J connectivity index is 1.56. The third-order valence-corrected chi connectivity index (χ3v) is 4.37. The van der Waals surface area contributed by atoms with Crippen molar-refractivity contribution in [3.8, 4) is 0 Å². The topological polar surface area (TPSA) is 15.6 Å². The summed E-state index contributed by atoms with van der Waals surface area (Å²) in [5, 5.41) is 0. The predicted molar refractivity (Wildman–Crippen MR) is 85.3 cm³/mol. The zero-order valence-corrected chi connectivity index (χ0v) is 12.1. The first-order valence-corrected chi connectivity index (χ1v) is 7.47. The predicted octanol–water partition coefficient (Wildman–Crippen LogP) is 3.26. The van der Waals surface area contributed by atoms with Crippen molar-refractivity contribution in [2.75, 3.05) is 13.6 Å². The number of rotatable bonds is 4. The van der Waals surface area contributed by atoms with E-state index in [1.807, 2.05) is 12.3 Å². The van der Waals surface area contributed by atoms with Crippen molar-refractivity contribution in [1.82, 2.24) is 4.90 Å². The lowest BCUT2D eigenvalue weighted by molar-refractivity contribution is 0.222. The molecule has 2 atom stereocenters. The number of hydrogen-bond acceptors (Lipinski definition) is 2. The Morgan fingerprint density at radius 2 is 2.10 bits per heavy atom. The van der Waals surface area contributed by atoms with Crippen LogP contribution in [0.5, 0.6) is 0 Å². The number of hydrogen-bond donors (Lipinski definition) is 0. The second-order valence-electron chi connectivity index (χ2n) is 5.72. The first-order chi connectivity index (χ1) is 9.83. The largest absolute Gasteiger partial charge is 0.303 e. The number of benzene rings is 1. The standard InChI is InChI=1S/C18H22N2/c1-20(13-11-15-6-3-2-4-7-15)17-10-9-16-8-5-12-19-18(16)14-17/h2-9,12,17-18H,10-11,13-14H2,1H3. The molecule has 0 saturated carbocycles. The number of nitrogens with zero attached hydrogens (tertiary/aromatic N) is 2. The molecule has 1 heterocycles. The van der Waals surface area contributed by atoms with E-state index in [0.717, 1.165) is 25.8 Å². The van der Waals surface area contributed by atoms with Crippen molar-refractivity contribution in [2.45, 2.75) is 31.3 Å². The molecule has 2 aliphatic rings. The fourth-order valence-electron chi connectivity index (χ4n) is 3.02. The molecule has 1 aliphatic carbocycles. The van der Waals surface area contributed by atoms with Crippen molar-refractivity contribution in [1.29, 1.82) is 0 Å². The second kappa shape index (κ2) is 6.19. The summed E-state index contributed by atoms with van der Waals surface area (Å²) in [4.78, 5) is 7.09. The maximum atomic E-state index is 4.60. The fraction of sp³-hybridized carbons (Fsp3) is 0.389. The van der Waals surface area contributed by atoms with Crippen LogP contribution in [-0.4, -0.2) is 36.8 Å². The minimum absolute atomic E-state index is 0.387. The van der Waals surface area contributed by atoms with Crippen LogP contribution in [0.2, 0.25) is 0 Å². The summed E-state index contributed by atoms with van der Waals surface area (Å²) in [7, 11) is 2.24. The van der Waals surface area contributed by atoms with Gasteiger partial charge < -0.3 is 4.90 Å². The highest BCUT2D eigenvalue weighted by Crippen LogP contribution is 2.27. The summed E-state index contributed by atoms with van der Waals surface area (Å²) in [5.74, 6) is 0.